The van der Waals surface area contributed by atoms with Crippen LogP contribution in [0.5, 0.6) is 0 Å². The van der Waals surface area contributed by atoms with Gasteiger partial charge in [0.25, 0.3) is 0 Å². The third-order valence-electron chi connectivity index (χ3n) is 3.65. The van der Waals surface area contributed by atoms with Crippen molar-refractivity contribution >= 4 is 40.6 Å². The first kappa shape index (κ1) is 10.5. The van der Waals surface area contributed by atoms with Gasteiger partial charge >= 0.3 is 0 Å². The summed E-state index contributed by atoms with van der Waals surface area (Å²) >= 11 is 6.14. The van der Waals surface area contributed by atoms with E-state index in [4.69, 9.17) is 11.8 Å². The minimum Gasteiger partial charge on any atom is -0.0826 e. The second kappa shape index (κ2) is 3.54. The molecule has 0 nitrogen and oxygen atoms in total. The highest BCUT2D eigenvalue weighted by Gasteiger charge is 2.35. The molecule has 2 aliphatic heterocycles. The summed E-state index contributed by atoms with van der Waals surface area (Å²) < 4.78 is 0. The van der Waals surface area contributed by atoms with Crippen molar-refractivity contribution in [1.29, 1.82) is 0 Å². The van der Waals surface area contributed by atoms with E-state index in [1.54, 1.807) is 0 Å². The molecule has 0 aromatic heterocycles. The maximum atomic E-state index is 6.14. The zero-order valence-corrected chi connectivity index (χ0v) is 11.4. The fraction of sp³-hybridized carbons (Fsp3) is 0. The number of hydrogen-bond donors (Lipinski definition) is 0. The quantitative estimate of drug-likeness (QED) is 0.658. The molecule has 0 amide bonds. The third-order valence-corrected chi connectivity index (χ3v) is 8.64. The Balaban J connectivity index is 2.13. The highest BCUT2D eigenvalue weighted by molar-refractivity contribution is 8.24. The maximum Gasteiger partial charge on any atom is 0.0391 e. The second-order valence-electron chi connectivity index (χ2n) is 4.63. The molecule has 0 N–H and O–H groups in total. The van der Waals surface area contributed by atoms with Gasteiger partial charge in [0, 0.05) is 16.6 Å². The molecule has 1 atom stereocenters. The summed E-state index contributed by atoms with van der Waals surface area (Å²) in [7, 11) is 0. The van der Waals surface area contributed by atoms with Gasteiger partial charge < -0.3 is 0 Å². The summed E-state index contributed by atoms with van der Waals surface area (Å²) in [5, 5.41) is 4.03. The van der Waals surface area contributed by atoms with Crippen LogP contribution in [0.25, 0.3) is 12.2 Å². The largest absolute Gasteiger partial charge is 0.0826 e. The van der Waals surface area contributed by atoms with E-state index in [0.717, 1.165) is 0 Å². The van der Waals surface area contributed by atoms with Gasteiger partial charge in [-0.05, 0) is 22.5 Å². The maximum absolute atomic E-state index is 6.14. The van der Waals surface area contributed by atoms with Gasteiger partial charge in [-0.15, -0.1) is 0 Å². The van der Waals surface area contributed by atoms with E-state index in [0.29, 0.717) is 0 Å². The van der Waals surface area contributed by atoms with Gasteiger partial charge in [0.15, 0.2) is 0 Å². The third kappa shape index (κ3) is 1.19. The zero-order chi connectivity index (χ0) is 12.2. The van der Waals surface area contributed by atoms with Crippen LogP contribution in [0.15, 0.2) is 59.9 Å². The van der Waals surface area contributed by atoms with Crippen molar-refractivity contribution in [3.8, 4) is 0 Å². The van der Waals surface area contributed by atoms with Crippen LogP contribution in [-0.2, 0) is 11.8 Å². The first-order valence-corrected chi connectivity index (χ1v) is 8.80. The molecule has 0 fully saturated rings. The number of rotatable bonds is 0. The molecule has 0 spiro atoms. The van der Waals surface area contributed by atoms with E-state index in [-0.39, 0.29) is 0 Å². The Morgan fingerprint density at radius 1 is 0.722 bits per heavy atom. The van der Waals surface area contributed by atoms with E-state index in [9.17, 15) is 0 Å². The zero-order valence-electron chi connectivity index (χ0n) is 9.71. The van der Waals surface area contributed by atoms with Gasteiger partial charge in [-0.3, -0.25) is 0 Å². The molecule has 0 unspecified atom stereocenters. The minimum atomic E-state index is -1.75. The van der Waals surface area contributed by atoms with Crippen molar-refractivity contribution in [3.05, 3.63) is 71.0 Å². The summed E-state index contributed by atoms with van der Waals surface area (Å²) in [5.74, 6) is 0. The highest BCUT2D eigenvalue weighted by Crippen LogP contribution is 2.60. The molecular weight excluding hydrogens is 255 g/mol. The molecule has 18 heavy (non-hydrogen) atoms. The van der Waals surface area contributed by atoms with Crippen LogP contribution in [-0.4, -0.2) is 0 Å². The molecule has 0 radical (unpaired) electrons. The average molecular weight is 266 g/mol. The summed E-state index contributed by atoms with van der Waals surface area (Å²) in [6.07, 6.45) is 6.67. The van der Waals surface area contributed by atoms with Crippen LogP contribution in [0.3, 0.4) is 0 Å². The van der Waals surface area contributed by atoms with Gasteiger partial charge in [0.05, 0.1) is 0 Å². The smallest absolute Gasteiger partial charge is 0.0391 e. The Morgan fingerprint density at radius 2 is 1.33 bits per heavy atom. The van der Waals surface area contributed by atoms with Crippen molar-refractivity contribution < 1.29 is 0 Å². The highest BCUT2D eigenvalue weighted by atomic mass is 32.4. The van der Waals surface area contributed by atoms with Crippen LogP contribution in [0.1, 0.15) is 11.1 Å². The summed E-state index contributed by atoms with van der Waals surface area (Å²) in [4.78, 5) is 0. The molecule has 0 saturated heterocycles. The normalized spacial score (nSPS) is 23.0. The van der Waals surface area contributed by atoms with Crippen LogP contribution in [0.2, 0.25) is 0 Å². The lowest BCUT2D eigenvalue weighted by Crippen LogP contribution is -2.19. The Labute approximate surface area is 112 Å². The molecule has 0 bridgehead atoms. The molecular formula is C16H11PS. The number of allylic oxidation sites excluding steroid dienone is 2. The Morgan fingerprint density at radius 3 is 2.11 bits per heavy atom. The molecule has 2 heteroatoms. The predicted molar refractivity (Wildman–Crippen MR) is 83.4 cm³/mol. The number of benzene rings is 2. The van der Waals surface area contributed by atoms with Gasteiger partial charge in [-0.2, -0.15) is 0 Å². The number of fused-ring (bicyclic) bond motifs is 5. The van der Waals surface area contributed by atoms with Crippen molar-refractivity contribution in [1.82, 2.24) is 0 Å². The van der Waals surface area contributed by atoms with E-state index in [1.807, 2.05) is 0 Å². The Hall–Kier alpha value is -1.43. The Bertz CT molecular complexity index is 762. The summed E-state index contributed by atoms with van der Waals surface area (Å²) in [6.45, 7) is 0. The van der Waals surface area contributed by atoms with Gasteiger partial charge in [0.2, 0.25) is 0 Å². The van der Waals surface area contributed by atoms with E-state index < -0.39 is 6.04 Å². The van der Waals surface area contributed by atoms with Crippen molar-refractivity contribution in [2.45, 2.75) is 0 Å². The lowest BCUT2D eigenvalue weighted by atomic mass is 10.2. The lowest BCUT2D eigenvalue weighted by Gasteiger charge is -2.26. The van der Waals surface area contributed by atoms with Crippen molar-refractivity contribution in [3.63, 3.8) is 0 Å². The molecule has 86 valence electrons. The second-order valence-corrected chi connectivity index (χ2v) is 8.97. The van der Waals surface area contributed by atoms with Gasteiger partial charge in [-0.1, -0.05) is 72.5 Å². The fourth-order valence-corrected chi connectivity index (χ4v) is 7.16. The van der Waals surface area contributed by atoms with E-state index >= 15 is 0 Å². The lowest BCUT2D eigenvalue weighted by molar-refractivity contribution is 1.70. The molecule has 2 heterocycles. The average Bonchev–Trinajstić information content (AvgIpc) is 2.73. The van der Waals surface area contributed by atoms with Crippen molar-refractivity contribution in [2.24, 2.45) is 0 Å². The molecule has 4 rings (SSSR count). The summed E-state index contributed by atoms with van der Waals surface area (Å²) in [6, 6.07) is 15.4. The molecule has 2 aliphatic rings. The topological polar surface area (TPSA) is 0 Å². The van der Waals surface area contributed by atoms with Gasteiger partial charge in [0.1, 0.15) is 0 Å². The predicted octanol–water partition coefficient (Wildman–Crippen LogP) is 3.50. The van der Waals surface area contributed by atoms with Crippen molar-refractivity contribution in [2.75, 3.05) is 0 Å². The molecule has 0 aliphatic carbocycles. The molecule has 0 saturated carbocycles. The Kier molecular flexibility index (Phi) is 2.06. The first-order valence-electron chi connectivity index (χ1n) is 6.00. The van der Waals surface area contributed by atoms with Crippen LogP contribution in [0.4, 0.5) is 0 Å². The van der Waals surface area contributed by atoms with E-state index in [1.165, 1.54) is 27.1 Å². The monoisotopic (exact) mass is 266 g/mol. The number of hydrogen-bond acceptors (Lipinski definition) is 1. The fourth-order valence-electron chi connectivity index (χ4n) is 2.80. The minimum absolute atomic E-state index is 1.29. The van der Waals surface area contributed by atoms with Gasteiger partial charge in [-0.25, -0.2) is 0 Å². The summed E-state index contributed by atoms with van der Waals surface area (Å²) in [5.41, 5.74) is 2.59. The van der Waals surface area contributed by atoms with Crippen LogP contribution >= 0.6 is 6.04 Å². The van der Waals surface area contributed by atoms with Crippen LogP contribution in [0, 0.1) is 0 Å². The van der Waals surface area contributed by atoms with Crippen LogP contribution < -0.4 is 10.6 Å². The first-order chi connectivity index (χ1) is 8.80. The SMILES string of the molecule is S=[P@@]12C(=Cc3ccccc31)C=Cc1ccccc12. The standard InChI is InChI=1S/C16H11PS/c18-17-14(11-13-6-2-4-8-16(13)17)10-9-12-5-1-3-7-15(12)17/h1-11H/t17-/m1/s1. The molecule has 2 aromatic carbocycles. The van der Waals surface area contributed by atoms with E-state index in [2.05, 4.69) is 66.8 Å². The molecule has 2 aromatic rings.